The van der Waals surface area contributed by atoms with E-state index in [0.717, 1.165) is 37.9 Å². The quantitative estimate of drug-likeness (QED) is 0.164. The maximum absolute atomic E-state index is 14.1. The van der Waals surface area contributed by atoms with Crippen LogP contribution in [0.5, 0.6) is 0 Å². The zero-order valence-corrected chi connectivity index (χ0v) is 28.0. The molecule has 234 valence electrons. The highest BCUT2D eigenvalue weighted by molar-refractivity contribution is 9.10. The van der Waals surface area contributed by atoms with Gasteiger partial charge in [0.25, 0.3) is 10.0 Å². The number of carbonyl (C=O) groups excluding carboxylic acids is 1. The van der Waals surface area contributed by atoms with Crippen LogP contribution in [0.4, 0.5) is 0 Å². The first-order chi connectivity index (χ1) is 22.8. The van der Waals surface area contributed by atoms with Crippen molar-refractivity contribution in [2.75, 3.05) is 0 Å². The van der Waals surface area contributed by atoms with Crippen LogP contribution in [0.3, 0.4) is 0 Å². The lowest BCUT2D eigenvalue weighted by atomic mass is 9.74. The number of hydrogen-bond donors (Lipinski definition) is 1. The largest absolute Gasteiger partial charge is 0.426 e. The average molecular weight is 703 g/mol. The highest BCUT2D eigenvalue weighted by Gasteiger charge is 2.50. The van der Waals surface area contributed by atoms with E-state index < -0.39 is 15.9 Å². The maximum atomic E-state index is 14.1. The Morgan fingerprint density at radius 1 is 0.787 bits per heavy atom. The van der Waals surface area contributed by atoms with Gasteiger partial charge in [-0.05, 0) is 59.5 Å². The van der Waals surface area contributed by atoms with Gasteiger partial charge in [0.1, 0.15) is 5.76 Å². The Morgan fingerprint density at radius 3 is 2.09 bits per heavy atom. The number of esters is 1. The number of aryl methyl sites for hydroxylation is 1. The molecule has 47 heavy (non-hydrogen) atoms. The minimum Gasteiger partial charge on any atom is -0.426 e. The molecule has 0 spiro atoms. The van der Waals surface area contributed by atoms with Gasteiger partial charge in [0.05, 0.1) is 16.5 Å². The normalized spacial score (nSPS) is 19.6. The molecular formula is C40H32BrNO4S. The maximum Gasteiger partial charge on any atom is 0.315 e. The minimum absolute atomic E-state index is 0.175. The van der Waals surface area contributed by atoms with E-state index in [-0.39, 0.29) is 28.6 Å². The number of carbonyl (C=O) groups is 1. The van der Waals surface area contributed by atoms with Crippen LogP contribution in [0.1, 0.15) is 51.1 Å². The summed E-state index contributed by atoms with van der Waals surface area (Å²) in [6, 6.07) is 42.1. The molecular weight excluding hydrogens is 670 g/mol. The van der Waals surface area contributed by atoms with E-state index >= 15 is 0 Å². The monoisotopic (exact) mass is 701 g/mol. The van der Waals surface area contributed by atoms with Gasteiger partial charge in [-0.3, -0.25) is 9.52 Å². The van der Waals surface area contributed by atoms with Crippen molar-refractivity contribution in [2.24, 2.45) is 5.92 Å². The molecule has 0 unspecified atom stereocenters. The summed E-state index contributed by atoms with van der Waals surface area (Å²) in [6.07, 6.45) is 4.04. The first-order valence-electron chi connectivity index (χ1n) is 15.5. The van der Waals surface area contributed by atoms with Crippen LogP contribution in [-0.4, -0.2) is 14.4 Å². The van der Waals surface area contributed by atoms with Gasteiger partial charge in [0.2, 0.25) is 0 Å². The lowest BCUT2D eigenvalue weighted by Crippen LogP contribution is -2.30. The number of halogens is 1. The van der Waals surface area contributed by atoms with Gasteiger partial charge in [-0.25, -0.2) is 8.42 Å². The Hall–Kier alpha value is -4.72. The summed E-state index contributed by atoms with van der Waals surface area (Å²) >= 11 is 3.49. The molecule has 7 rings (SSSR count). The number of hydrogen-bond acceptors (Lipinski definition) is 4. The summed E-state index contributed by atoms with van der Waals surface area (Å²) in [5, 5.41) is 0. The fourth-order valence-corrected chi connectivity index (χ4v) is 8.12. The average Bonchev–Trinajstić information content (AvgIpc) is 3.42. The van der Waals surface area contributed by atoms with Crippen LogP contribution in [0.2, 0.25) is 0 Å². The molecule has 2 aliphatic rings. The van der Waals surface area contributed by atoms with Crippen molar-refractivity contribution in [2.45, 2.75) is 29.6 Å². The Bertz CT molecular complexity index is 2090. The number of fused-ring (bicyclic) bond motifs is 3. The highest BCUT2D eigenvalue weighted by Crippen LogP contribution is 2.56. The number of nitrogens with one attached hydrogen (secondary N) is 1. The van der Waals surface area contributed by atoms with Gasteiger partial charge >= 0.3 is 5.97 Å². The second-order valence-electron chi connectivity index (χ2n) is 12.0. The second-order valence-corrected chi connectivity index (χ2v) is 14.6. The van der Waals surface area contributed by atoms with Crippen molar-refractivity contribution in [3.63, 3.8) is 0 Å². The molecule has 0 saturated heterocycles. The van der Waals surface area contributed by atoms with Crippen LogP contribution in [0, 0.1) is 12.8 Å². The van der Waals surface area contributed by atoms with Crippen molar-refractivity contribution < 1.29 is 17.9 Å². The van der Waals surface area contributed by atoms with Gasteiger partial charge in [0.15, 0.2) is 0 Å². The SMILES string of the molecule is Cc1ccc(S(=O)(=O)N/C(=C\[C@H](c2ccccc2)[C@@H]2c3ccccc3[C@H]3C=C(c4ccc(Br)cc4)OC(=O)[C@@H]23)c2ccccc2)cc1. The Morgan fingerprint density at radius 2 is 1.40 bits per heavy atom. The number of benzene rings is 5. The van der Waals surface area contributed by atoms with E-state index in [4.69, 9.17) is 4.74 Å². The Balaban J connectivity index is 1.38. The molecule has 1 heterocycles. The molecule has 0 fully saturated rings. The number of cyclic esters (lactones) is 1. The number of rotatable bonds is 8. The first-order valence-corrected chi connectivity index (χ1v) is 17.8. The van der Waals surface area contributed by atoms with E-state index in [2.05, 4.69) is 38.9 Å². The molecule has 5 aromatic carbocycles. The molecule has 7 heteroatoms. The van der Waals surface area contributed by atoms with E-state index in [0.29, 0.717) is 11.5 Å². The fourth-order valence-electron chi connectivity index (χ4n) is 6.76. The molecule has 5 aromatic rings. The summed E-state index contributed by atoms with van der Waals surface area (Å²) in [5.74, 6) is -1.18. The first kappa shape index (κ1) is 30.9. The zero-order chi connectivity index (χ0) is 32.5. The number of ether oxygens (including phenoxy) is 1. The summed E-state index contributed by atoms with van der Waals surface area (Å²) in [4.78, 5) is 14.3. The minimum atomic E-state index is -3.93. The number of allylic oxidation sites excluding steroid dienone is 2. The van der Waals surface area contributed by atoms with Gasteiger partial charge in [-0.15, -0.1) is 0 Å². The second kappa shape index (κ2) is 12.8. The van der Waals surface area contributed by atoms with Gasteiger partial charge in [-0.1, -0.05) is 137 Å². The molecule has 5 nitrogen and oxygen atoms in total. The van der Waals surface area contributed by atoms with Crippen LogP contribution < -0.4 is 4.72 Å². The Labute approximate surface area is 283 Å². The van der Waals surface area contributed by atoms with Gasteiger partial charge in [0, 0.05) is 27.8 Å². The van der Waals surface area contributed by atoms with E-state index in [9.17, 15) is 13.2 Å². The van der Waals surface area contributed by atoms with Crippen LogP contribution in [-0.2, 0) is 19.6 Å². The predicted octanol–water partition coefficient (Wildman–Crippen LogP) is 8.96. The highest BCUT2D eigenvalue weighted by atomic mass is 79.9. The van der Waals surface area contributed by atoms with Gasteiger partial charge in [-0.2, -0.15) is 0 Å². The molecule has 0 amide bonds. The molecule has 0 saturated carbocycles. The molecule has 0 radical (unpaired) electrons. The zero-order valence-electron chi connectivity index (χ0n) is 25.6. The standard InChI is InChI=1S/C40H32BrNO4S/c1-26-16-22-31(23-17-26)47(44,45)42-36(28-12-6-3-7-13-28)24-34(27-10-4-2-5-11-27)38-33-15-9-8-14-32(33)35-25-37(46-40(43)39(35)38)29-18-20-30(41)21-19-29/h2-25,34-35,38-39,42H,1H3/b36-24-/t34-,35-,38+,39-/m1/s1. The van der Waals surface area contributed by atoms with Crippen LogP contribution >= 0.6 is 15.9 Å². The third kappa shape index (κ3) is 6.21. The lowest BCUT2D eigenvalue weighted by molar-refractivity contribution is -0.143. The third-order valence-electron chi connectivity index (χ3n) is 9.01. The van der Waals surface area contributed by atoms with Crippen molar-refractivity contribution in [3.8, 4) is 0 Å². The predicted molar refractivity (Wildman–Crippen MR) is 189 cm³/mol. The number of sulfonamides is 1. The smallest absolute Gasteiger partial charge is 0.315 e. The van der Waals surface area contributed by atoms with Crippen molar-refractivity contribution in [1.29, 1.82) is 0 Å². The van der Waals surface area contributed by atoms with Crippen molar-refractivity contribution >= 4 is 43.4 Å². The van der Waals surface area contributed by atoms with Crippen molar-refractivity contribution in [1.82, 2.24) is 4.72 Å². The fraction of sp³-hybridized carbons (Fsp3) is 0.125. The third-order valence-corrected chi connectivity index (χ3v) is 10.9. The summed E-state index contributed by atoms with van der Waals surface area (Å²) in [6.45, 7) is 1.92. The van der Waals surface area contributed by atoms with E-state index in [1.54, 1.807) is 24.3 Å². The van der Waals surface area contributed by atoms with E-state index in [1.165, 1.54) is 0 Å². The molecule has 4 atom stereocenters. The summed E-state index contributed by atoms with van der Waals surface area (Å²) in [5.41, 5.74) is 6.05. The molecule has 1 aliphatic heterocycles. The van der Waals surface area contributed by atoms with E-state index in [1.807, 2.05) is 110 Å². The van der Waals surface area contributed by atoms with Crippen LogP contribution in [0.25, 0.3) is 11.5 Å². The summed E-state index contributed by atoms with van der Waals surface area (Å²) < 4.78 is 37.5. The van der Waals surface area contributed by atoms with Crippen molar-refractivity contribution in [3.05, 3.63) is 183 Å². The molecule has 0 aromatic heterocycles. The molecule has 0 bridgehead atoms. The molecule has 1 N–H and O–H groups in total. The topological polar surface area (TPSA) is 72.5 Å². The summed E-state index contributed by atoms with van der Waals surface area (Å²) in [7, 11) is -3.93. The van der Waals surface area contributed by atoms with Gasteiger partial charge < -0.3 is 4.74 Å². The van der Waals surface area contributed by atoms with Crippen LogP contribution in [0.15, 0.2) is 155 Å². The molecule has 1 aliphatic carbocycles. The Kier molecular flexibility index (Phi) is 8.43. The lowest BCUT2D eigenvalue weighted by Gasteiger charge is -2.32.